The van der Waals surface area contributed by atoms with Gasteiger partial charge in [0.1, 0.15) is 6.07 Å². The highest BCUT2D eigenvalue weighted by atomic mass is 79.9. The number of hydrogen-bond acceptors (Lipinski definition) is 4. The van der Waals surface area contributed by atoms with Gasteiger partial charge in [-0.2, -0.15) is 5.26 Å². The van der Waals surface area contributed by atoms with E-state index in [0.29, 0.717) is 12.0 Å². The van der Waals surface area contributed by atoms with Crippen molar-refractivity contribution in [2.45, 2.75) is 25.4 Å². The fourth-order valence-corrected chi connectivity index (χ4v) is 3.48. The first-order chi connectivity index (χ1) is 10.8. The lowest BCUT2D eigenvalue weighted by Gasteiger charge is -2.34. The average Bonchev–Trinajstić information content (AvgIpc) is 3.07. The zero-order valence-corrected chi connectivity index (χ0v) is 14.2. The van der Waals surface area contributed by atoms with Gasteiger partial charge >= 0.3 is 0 Å². The maximum atomic E-state index is 9.30. The summed E-state index contributed by atoms with van der Waals surface area (Å²) in [5.41, 5.74) is 1.77. The second kappa shape index (κ2) is 7.45. The van der Waals surface area contributed by atoms with Crippen molar-refractivity contribution >= 4 is 21.6 Å². The van der Waals surface area contributed by atoms with Crippen molar-refractivity contribution in [1.82, 2.24) is 0 Å². The standard InChI is InChI=1S/C17H21BrN2O2/c18-15-1-2-17(14(9-15)10-19)20-6-3-16(4-7-20)22-12-13-5-8-21-11-13/h1-2,9,13,16H,3-8,11-12H2. The zero-order chi connectivity index (χ0) is 15.4. The maximum absolute atomic E-state index is 9.30. The van der Waals surface area contributed by atoms with Crippen LogP contribution < -0.4 is 4.90 Å². The molecular formula is C17H21BrN2O2. The quantitative estimate of drug-likeness (QED) is 0.821. The number of ether oxygens (including phenoxy) is 2. The van der Waals surface area contributed by atoms with Crippen LogP contribution in [-0.2, 0) is 9.47 Å². The van der Waals surface area contributed by atoms with Gasteiger partial charge in [0.2, 0.25) is 0 Å². The second-order valence-electron chi connectivity index (χ2n) is 6.02. The van der Waals surface area contributed by atoms with E-state index in [1.807, 2.05) is 18.2 Å². The van der Waals surface area contributed by atoms with Crippen LogP contribution in [0, 0.1) is 17.2 Å². The Morgan fingerprint density at radius 2 is 2.14 bits per heavy atom. The Hall–Kier alpha value is -1.09. The smallest absolute Gasteiger partial charge is 0.101 e. The van der Waals surface area contributed by atoms with E-state index in [2.05, 4.69) is 26.9 Å². The molecule has 1 atom stereocenters. The summed E-state index contributed by atoms with van der Waals surface area (Å²) >= 11 is 3.42. The molecule has 0 spiro atoms. The first-order valence-corrected chi connectivity index (χ1v) is 8.69. The van der Waals surface area contributed by atoms with Crippen molar-refractivity contribution in [3.63, 3.8) is 0 Å². The molecule has 2 fully saturated rings. The lowest BCUT2D eigenvalue weighted by atomic mass is 10.0. The third-order valence-corrected chi connectivity index (χ3v) is 4.95. The Kier molecular flexibility index (Phi) is 5.35. The molecule has 22 heavy (non-hydrogen) atoms. The lowest BCUT2D eigenvalue weighted by molar-refractivity contribution is 0.0131. The van der Waals surface area contributed by atoms with Crippen LogP contribution in [0.25, 0.3) is 0 Å². The van der Waals surface area contributed by atoms with Gasteiger partial charge in [-0.05, 0) is 37.5 Å². The average molecular weight is 365 g/mol. The van der Waals surface area contributed by atoms with Crippen LogP contribution in [-0.4, -0.2) is 39.0 Å². The van der Waals surface area contributed by atoms with Crippen molar-refractivity contribution in [2.24, 2.45) is 5.92 Å². The van der Waals surface area contributed by atoms with Crippen LogP contribution in [0.2, 0.25) is 0 Å². The van der Waals surface area contributed by atoms with Crippen LogP contribution in [0.4, 0.5) is 5.69 Å². The number of nitrogens with zero attached hydrogens (tertiary/aromatic N) is 2. The summed E-state index contributed by atoms with van der Waals surface area (Å²) in [6, 6.07) is 8.20. The molecule has 1 aromatic rings. The highest BCUT2D eigenvalue weighted by Crippen LogP contribution is 2.27. The largest absolute Gasteiger partial charge is 0.381 e. The van der Waals surface area contributed by atoms with Crippen LogP contribution in [0.1, 0.15) is 24.8 Å². The van der Waals surface area contributed by atoms with Crippen molar-refractivity contribution in [2.75, 3.05) is 37.8 Å². The molecule has 0 aromatic heterocycles. The molecule has 0 radical (unpaired) electrons. The van der Waals surface area contributed by atoms with Crippen LogP contribution >= 0.6 is 15.9 Å². The van der Waals surface area contributed by atoms with Crippen LogP contribution in [0.15, 0.2) is 22.7 Å². The Balaban J connectivity index is 1.52. The van der Waals surface area contributed by atoms with E-state index in [0.717, 1.165) is 67.9 Å². The minimum absolute atomic E-state index is 0.345. The molecule has 0 amide bonds. The number of halogens is 1. The fraction of sp³-hybridized carbons (Fsp3) is 0.588. The van der Waals surface area contributed by atoms with Crippen molar-refractivity contribution in [1.29, 1.82) is 5.26 Å². The minimum atomic E-state index is 0.345. The molecule has 1 aromatic carbocycles. The summed E-state index contributed by atoms with van der Waals surface area (Å²) < 4.78 is 12.4. The fourth-order valence-electron chi connectivity index (χ4n) is 3.12. The van der Waals surface area contributed by atoms with E-state index in [1.165, 1.54) is 0 Å². The SMILES string of the molecule is N#Cc1cc(Br)ccc1N1CCC(OCC2CCOC2)CC1. The predicted octanol–water partition coefficient (Wildman–Crippen LogP) is 3.34. The van der Waals surface area contributed by atoms with E-state index in [4.69, 9.17) is 9.47 Å². The number of anilines is 1. The monoisotopic (exact) mass is 364 g/mol. The van der Waals surface area contributed by atoms with E-state index < -0.39 is 0 Å². The molecule has 2 saturated heterocycles. The summed E-state index contributed by atoms with van der Waals surface area (Å²) in [6.45, 7) is 4.45. The Morgan fingerprint density at radius 1 is 1.32 bits per heavy atom. The van der Waals surface area contributed by atoms with Gasteiger partial charge in [0.15, 0.2) is 0 Å². The van der Waals surface area contributed by atoms with E-state index in [-0.39, 0.29) is 0 Å². The number of piperidine rings is 1. The van der Waals surface area contributed by atoms with Gasteiger partial charge in [0, 0.05) is 30.1 Å². The predicted molar refractivity (Wildman–Crippen MR) is 89.0 cm³/mol. The summed E-state index contributed by atoms with van der Waals surface area (Å²) in [7, 11) is 0. The van der Waals surface area contributed by atoms with Crippen molar-refractivity contribution in [3.05, 3.63) is 28.2 Å². The Bertz CT molecular complexity index is 544. The lowest BCUT2D eigenvalue weighted by Crippen LogP contribution is -2.38. The molecule has 4 nitrogen and oxygen atoms in total. The minimum Gasteiger partial charge on any atom is -0.381 e. The normalized spacial score (nSPS) is 22.7. The first-order valence-electron chi connectivity index (χ1n) is 7.90. The molecule has 2 heterocycles. The molecule has 0 N–H and O–H groups in total. The van der Waals surface area contributed by atoms with E-state index in [1.54, 1.807) is 0 Å². The molecule has 1 unspecified atom stereocenters. The molecule has 5 heteroatoms. The first kappa shape index (κ1) is 15.8. The third kappa shape index (κ3) is 3.81. The molecule has 0 saturated carbocycles. The van der Waals surface area contributed by atoms with Crippen LogP contribution in [0.3, 0.4) is 0 Å². The zero-order valence-electron chi connectivity index (χ0n) is 12.6. The van der Waals surface area contributed by atoms with Gasteiger partial charge in [0.05, 0.1) is 30.6 Å². The topological polar surface area (TPSA) is 45.5 Å². The molecule has 0 bridgehead atoms. The van der Waals surface area contributed by atoms with Gasteiger partial charge in [-0.25, -0.2) is 0 Å². The Morgan fingerprint density at radius 3 is 2.82 bits per heavy atom. The van der Waals surface area contributed by atoms with E-state index in [9.17, 15) is 5.26 Å². The molecule has 118 valence electrons. The highest BCUT2D eigenvalue weighted by Gasteiger charge is 2.23. The van der Waals surface area contributed by atoms with Gasteiger partial charge < -0.3 is 14.4 Å². The van der Waals surface area contributed by atoms with Crippen molar-refractivity contribution in [3.8, 4) is 6.07 Å². The van der Waals surface area contributed by atoms with Gasteiger partial charge in [-0.1, -0.05) is 15.9 Å². The van der Waals surface area contributed by atoms with E-state index >= 15 is 0 Å². The molecular weight excluding hydrogens is 344 g/mol. The number of benzene rings is 1. The number of nitriles is 1. The molecule has 3 rings (SSSR count). The van der Waals surface area contributed by atoms with Gasteiger partial charge in [-0.3, -0.25) is 0 Å². The highest BCUT2D eigenvalue weighted by molar-refractivity contribution is 9.10. The molecule has 0 aliphatic carbocycles. The second-order valence-corrected chi connectivity index (χ2v) is 6.94. The Labute approximate surface area is 140 Å². The summed E-state index contributed by atoms with van der Waals surface area (Å²) in [5.74, 6) is 0.578. The van der Waals surface area contributed by atoms with Crippen LogP contribution in [0.5, 0.6) is 0 Å². The summed E-state index contributed by atoms with van der Waals surface area (Å²) in [5, 5.41) is 9.30. The molecule has 2 aliphatic rings. The van der Waals surface area contributed by atoms with Gasteiger partial charge in [-0.15, -0.1) is 0 Å². The summed E-state index contributed by atoms with van der Waals surface area (Å²) in [4.78, 5) is 2.30. The molecule has 2 aliphatic heterocycles. The number of hydrogen-bond donors (Lipinski definition) is 0. The van der Waals surface area contributed by atoms with Crippen molar-refractivity contribution < 1.29 is 9.47 Å². The summed E-state index contributed by atoms with van der Waals surface area (Å²) in [6.07, 6.45) is 3.52. The van der Waals surface area contributed by atoms with Gasteiger partial charge in [0.25, 0.3) is 0 Å². The maximum Gasteiger partial charge on any atom is 0.101 e. The number of rotatable bonds is 4. The third-order valence-electron chi connectivity index (χ3n) is 4.45.